The lowest BCUT2D eigenvalue weighted by molar-refractivity contribution is 0.130. The maximum absolute atomic E-state index is 11.0. The van der Waals surface area contributed by atoms with E-state index in [2.05, 4.69) is 11.8 Å². The van der Waals surface area contributed by atoms with Gasteiger partial charge in [-0.2, -0.15) is 0 Å². The molecule has 0 aromatic carbocycles. The first-order valence-electron chi connectivity index (χ1n) is 5.45. The van der Waals surface area contributed by atoms with Gasteiger partial charge in [-0.1, -0.05) is 6.92 Å². The molecule has 90 valence electrons. The van der Waals surface area contributed by atoms with Gasteiger partial charge in [0.25, 0.3) is 0 Å². The van der Waals surface area contributed by atoms with Crippen molar-refractivity contribution in [3.05, 3.63) is 0 Å². The van der Waals surface area contributed by atoms with Gasteiger partial charge in [-0.05, 0) is 37.9 Å². The summed E-state index contributed by atoms with van der Waals surface area (Å²) in [5, 5.41) is 0. The van der Waals surface area contributed by atoms with E-state index in [0.29, 0.717) is 6.54 Å². The predicted molar refractivity (Wildman–Crippen MR) is 62.5 cm³/mol. The van der Waals surface area contributed by atoms with E-state index in [1.54, 1.807) is 0 Å². The zero-order valence-corrected chi connectivity index (χ0v) is 10.5. The zero-order chi connectivity index (χ0) is 11.5. The molecule has 0 amide bonds. The van der Waals surface area contributed by atoms with Crippen LogP contribution < -0.4 is 5.73 Å². The van der Waals surface area contributed by atoms with Crippen molar-refractivity contribution in [1.82, 2.24) is 4.90 Å². The lowest BCUT2D eigenvalue weighted by atomic mass is 9.80. The van der Waals surface area contributed by atoms with E-state index in [4.69, 9.17) is 5.73 Å². The normalized spacial score (nSPS) is 22.9. The summed E-state index contributed by atoms with van der Waals surface area (Å²) in [5.74, 6) is 0.270. The van der Waals surface area contributed by atoms with Gasteiger partial charge >= 0.3 is 0 Å². The van der Waals surface area contributed by atoms with Crippen molar-refractivity contribution in [2.45, 2.75) is 19.8 Å². The number of hydrogen-bond donors (Lipinski definition) is 1. The molecule has 0 bridgehead atoms. The number of likely N-dealkylation sites (tertiary alicyclic amines) is 1. The maximum atomic E-state index is 11.0. The highest BCUT2D eigenvalue weighted by Crippen LogP contribution is 2.29. The number of nitrogens with zero attached hydrogens (tertiary/aromatic N) is 1. The highest BCUT2D eigenvalue weighted by Gasteiger charge is 2.28. The fourth-order valence-electron chi connectivity index (χ4n) is 1.82. The van der Waals surface area contributed by atoms with Crippen molar-refractivity contribution in [3.8, 4) is 0 Å². The van der Waals surface area contributed by atoms with Crippen LogP contribution in [-0.2, 0) is 9.84 Å². The molecule has 1 aliphatic rings. The number of rotatable bonds is 4. The Balaban J connectivity index is 2.32. The third-order valence-electron chi connectivity index (χ3n) is 3.33. The average Bonchev–Trinajstić information content (AvgIpc) is 2.16. The largest absolute Gasteiger partial charge is 0.330 e. The van der Waals surface area contributed by atoms with Crippen molar-refractivity contribution in [2.24, 2.45) is 11.1 Å². The summed E-state index contributed by atoms with van der Waals surface area (Å²) >= 11 is 0. The predicted octanol–water partition coefficient (Wildman–Crippen LogP) is 0.0918. The van der Waals surface area contributed by atoms with Crippen LogP contribution in [0, 0.1) is 5.41 Å². The van der Waals surface area contributed by atoms with Gasteiger partial charge in [-0.25, -0.2) is 8.42 Å². The fourth-order valence-corrected chi connectivity index (χ4v) is 2.41. The minimum Gasteiger partial charge on any atom is -0.330 e. The van der Waals surface area contributed by atoms with E-state index in [1.165, 1.54) is 6.26 Å². The van der Waals surface area contributed by atoms with Crippen LogP contribution in [0.15, 0.2) is 0 Å². The van der Waals surface area contributed by atoms with Crippen molar-refractivity contribution < 1.29 is 8.42 Å². The van der Waals surface area contributed by atoms with E-state index in [9.17, 15) is 8.42 Å². The first-order valence-corrected chi connectivity index (χ1v) is 7.51. The SMILES string of the molecule is CC1(CN)CCN(CCS(C)(=O)=O)CC1. The Bertz CT molecular complexity index is 293. The Morgan fingerprint density at radius 1 is 1.33 bits per heavy atom. The fraction of sp³-hybridized carbons (Fsp3) is 1.00. The van der Waals surface area contributed by atoms with Crippen molar-refractivity contribution in [3.63, 3.8) is 0 Å². The molecule has 0 unspecified atom stereocenters. The Kier molecular flexibility index (Phi) is 4.14. The van der Waals surface area contributed by atoms with Crippen LogP contribution in [-0.4, -0.2) is 51.5 Å². The number of sulfone groups is 1. The molecule has 1 fully saturated rings. The molecule has 0 radical (unpaired) electrons. The summed E-state index contributed by atoms with van der Waals surface area (Å²) in [4.78, 5) is 2.22. The molecular weight excluding hydrogens is 212 g/mol. The summed E-state index contributed by atoms with van der Waals surface area (Å²) in [7, 11) is -2.82. The van der Waals surface area contributed by atoms with Crippen LogP contribution >= 0.6 is 0 Å². The Hall–Kier alpha value is -0.130. The second-order valence-corrected chi connectivity index (χ2v) is 7.25. The maximum Gasteiger partial charge on any atom is 0.148 e. The topological polar surface area (TPSA) is 63.4 Å². The molecule has 1 aliphatic heterocycles. The molecule has 1 saturated heterocycles. The Morgan fingerprint density at radius 3 is 2.27 bits per heavy atom. The smallest absolute Gasteiger partial charge is 0.148 e. The minimum atomic E-state index is -2.82. The summed E-state index contributed by atoms with van der Waals surface area (Å²) in [5.41, 5.74) is 5.98. The van der Waals surface area contributed by atoms with Crippen LogP contribution in [0.25, 0.3) is 0 Å². The number of hydrogen-bond acceptors (Lipinski definition) is 4. The molecule has 0 aromatic rings. The van der Waals surface area contributed by atoms with E-state index in [0.717, 1.165) is 32.5 Å². The highest BCUT2D eigenvalue weighted by molar-refractivity contribution is 7.90. The second-order valence-electron chi connectivity index (χ2n) is 4.99. The van der Waals surface area contributed by atoms with Crippen LogP contribution in [0.4, 0.5) is 0 Å². The summed E-state index contributed by atoms with van der Waals surface area (Å²) in [6.45, 7) is 5.56. The van der Waals surface area contributed by atoms with Gasteiger partial charge in [0.1, 0.15) is 9.84 Å². The van der Waals surface area contributed by atoms with Gasteiger partial charge in [-0.15, -0.1) is 0 Å². The number of piperidine rings is 1. The standard InChI is InChI=1S/C10H22N2O2S/c1-10(9-11)3-5-12(6-4-10)7-8-15(2,13)14/h3-9,11H2,1-2H3. The van der Waals surface area contributed by atoms with Crippen LogP contribution in [0.3, 0.4) is 0 Å². The molecule has 1 rings (SSSR count). The average molecular weight is 234 g/mol. The lowest BCUT2D eigenvalue weighted by Crippen LogP contribution is -2.43. The molecule has 5 heteroatoms. The Labute approximate surface area is 92.7 Å². The first kappa shape index (κ1) is 12.9. The van der Waals surface area contributed by atoms with E-state index in [1.807, 2.05) is 0 Å². The molecule has 0 atom stereocenters. The quantitative estimate of drug-likeness (QED) is 0.749. The van der Waals surface area contributed by atoms with E-state index in [-0.39, 0.29) is 11.2 Å². The third-order valence-corrected chi connectivity index (χ3v) is 4.26. The van der Waals surface area contributed by atoms with Crippen LogP contribution in [0.2, 0.25) is 0 Å². The molecule has 4 nitrogen and oxygen atoms in total. The van der Waals surface area contributed by atoms with Crippen LogP contribution in [0.5, 0.6) is 0 Å². The molecule has 0 saturated carbocycles. The van der Waals surface area contributed by atoms with Gasteiger partial charge in [0.05, 0.1) is 5.75 Å². The van der Waals surface area contributed by atoms with Gasteiger partial charge in [0.15, 0.2) is 0 Å². The summed E-state index contributed by atoms with van der Waals surface area (Å²) in [6.07, 6.45) is 3.45. The zero-order valence-electron chi connectivity index (χ0n) is 9.70. The first-order chi connectivity index (χ1) is 6.85. The second kappa shape index (κ2) is 4.80. The third kappa shape index (κ3) is 4.49. The minimum absolute atomic E-state index is 0.265. The van der Waals surface area contributed by atoms with Gasteiger partial charge in [0.2, 0.25) is 0 Å². The molecule has 0 spiro atoms. The number of nitrogens with two attached hydrogens (primary N) is 1. The Morgan fingerprint density at radius 2 is 1.87 bits per heavy atom. The van der Waals surface area contributed by atoms with Gasteiger partial charge < -0.3 is 10.6 Å². The van der Waals surface area contributed by atoms with Gasteiger partial charge in [0, 0.05) is 12.8 Å². The highest BCUT2D eigenvalue weighted by atomic mass is 32.2. The monoisotopic (exact) mass is 234 g/mol. The lowest BCUT2D eigenvalue weighted by Gasteiger charge is -2.38. The molecule has 15 heavy (non-hydrogen) atoms. The van der Waals surface area contributed by atoms with Crippen molar-refractivity contribution >= 4 is 9.84 Å². The molecule has 2 N–H and O–H groups in total. The van der Waals surface area contributed by atoms with Crippen molar-refractivity contribution in [1.29, 1.82) is 0 Å². The summed E-state index contributed by atoms with van der Waals surface area (Å²) < 4.78 is 22.0. The van der Waals surface area contributed by atoms with E-state index >= 15 is 0 Å². The molecule has 0 aliphatic carbocycles. The van der Waals surface area contributed by atoms with E-state index < -0.39 is 9.84 Å². The van der Waals surface area contributed by atoms with Gasteiger partial charge in [-0.3, -0.25) is 0 Å². The van der Waals surface area contributed by atoms with Crippen LogP contribution in [0.1, 0.15) is 19.8 Å². The summed E-state index contributed by atoms with van der Waals surface area (Å²) in [6, 6.07) is 0. The van der Waals surface area contributed by atoms with Crippen molar-refractivity contribution in [2.75, 3.05) is 38.2 Å². The molecule has 0 aromatic heterocycles. The molecular formula is C10H22N2O2S. The molecule has 1 heterocycles.